The number of hydrogen-bond acceptors (Lipinski definition) is 3. The van der Waals surface area contributed by atoms with Crippen LogP contribution in [0.2, 0.25) is 0 Å². The smallest absolute Gasteiger partial charge is 0.299 e. The van der Waals surface area contributed by atoms with Crippen LogP contribution in [0.5, 0.6) is 0 Å². The van der Waals surface area contributed by atoms with Crippen LogP contribution >= 0.6 is 0 Å². The van der Waals surface area contributed by atoms with E-state index in [1.807, 2.05) is 0 Å². The van der Waals surface area contributed by atoms with Crippen LogP contribution in [-0.2, 0) is 14.3 Å². The molecule has 0 fully saturated rings. The second-order valence-electron chi connectivity index (χ2n) is 1.49. The van der Waals surface area contributed by atoms with Gasteiger partial charge in [0.1, 0.15) is 12.5 Å². The topological polar surface area (TPSA) is 35.5 Å². The molecule has 8 heavy (non-hydrogen) atoms. The maximum absolute atomic E-state index is 10.4. The van der Waals surface area contributed by atoms with E-state index >= 15 is 0 Å². The summed E-state index contributed by atoms with van der Waals surface area (Å²) >= 11 is 0. The van der Waals surface area contributed by atoms with Crippen LogP contribution in [0, 0.1) is 0 Å². The molecule has 0 aromatic heterocycles. The van der Waals surface area contributed by atoms with Crippen molar-refractivity contribution in [2.45, 2.75) is 13.2 Å². The SMILES string of the molecule is CC(=O)C1OC=CO1. The Morgan fingerprint density at radius 1 is 1.50 bits per heavy atom. The number of rotatable bonds is 1. The van der Waals surface area contributed by atoms with E-state index in [2.05, 4.69) is 9.47 Å². The molecule has 1 rings (SSSR count). The van der Waals surface area contributed by atoms with Gasteiger partial charge in [-0.05, 0) is 0 Å². The lowest BCUT2D eigenvalue weighted by Gasteiger charge is -2.02. The molecule has 0 amide bonds. The summed E-state index contributed by atoms with van der Waals surface area (Å²) in [6, 6.07) is 0. The van der Waals surface area contributed by atoms with Gasteiger partial charge < -0.3 is 9.47 Å². The van der Waals surface area contributed by atoms with E-state index in [1.54, 1.807) is 0 Å². The van der Waals surface area contributed by atoms with E-state index in [0.717, 1.165) is 0 Å². The molecule has 0 aliphatic carbocycles. The van der Waals surface area contributed by atoms with Crippen LogP contribution in [0.15, 0.2) is 12.5 Å². The van der Waals surface area contributed by atoms with Gasteiger partial charge in [-0.25, -0.2) is 0 Å². The van der Waals surface area contributed by atoms with Crippen molar-refractivity contribution >= 4 is 5.78 Å². The van der Waals surface area contributed by atoms with E-state index in [-0.39, 0.29) is 5.78 Å². The third-order valence-corrected chi connectivity index (χ3v) is 0.792. The number of carbonyl (C=O) groups excluding carboxylic acids is 1. The predicted molar refractivity (Wildman–Crippen MR) is 25.8 cm³/mol. The molecule has 0 saturated heterocycles. The molecule has 0 aromatic rings. The Morgan fingerprint density at radius 2 is 2.00 bits per heavy atom. The first-order valence-corrected chi connectivity index (χ1v) is 2.27. The average Bonchev–Trinajstić information content (AvgIpc) is 2.12. The Hall–Kier alpha value is -0.990. The van der Waals surface area contributed by atoms with Gasteiger partial charge >= 0.3 is 0 Å². The molecule has 1 aliphatic rings. The molecule has 44 valence electrons. The Balaban J connectivity index is 2.41. The third-order valence-electron chi connectivity index (χ3n) is 0.792. The summed E-state index contributed by atoms with van der Waals surface area (Å²) in [6.45, 7) is 1.41. The number of Topliss-reactive ketones (excluding diaryl/α,β-unsaturated/α-hetero) is 1. The Labute approximate surface area is 46.9 Å². The first-order chi connectivity index (χ1) is 3.80. The van der Waals surface area contributed by atoms with Crippen molar-refractivity contribution < 1.29 is 14.3 Å². The first kappa shape index (κ1) is 5.15. The van der Waals surface area contributed by atoms with Gasteiger partial charge in [-0.15, -0.1) is 0 Å². The van der Waals surface area contributed by atoms with Crippen LogP contribution in [0.3, 0.4) is 0 Å². The van der Waals surface area contributed by atoms with E-state index in [1.165, 1.54) is 19.4 Å². The molecular formula is C5H6O3. The fourth-order valence-corrected chi connectivity index (χ4v) is 0.431. The van der Waals surface area contributed by atoms with Gasteiger partial charge in [-0.3, -0.25) is 4.79 Å². The van der Waals surface area contributed by atoms with Crippen LogP contribution < -0.4 is 0 Å². The van der Waals surface area contributed by atoms with E-state index in [9.17, 15) is 4.79 Å². The molecule has 0 atom stereocenters. The highest BCUT2D eigenvalue weighted by Gasteiger charge is 2.16. The van der Waals surface area contributed by atoms with Crippen molar-refractivity contribution in [3.8, 4) is 0 Å². The van der Waals surface area contributed by atoms with E-state index in [0.29, 0.717) is 0 Å². The minimum atomic E-state index is -0.685. The molecule has 0 aromatic carbocycles. The van der Waals surface area contributed by atoms with E-state index < -0.39 is 6.29 Å². The highest BCUT2D eigenvalue weighted by Crippen LogP contribution is 2.04. The maximum Gasteiger partial charge on any atom is 0.299 e. The number of ether oxygens (including phenoxy) is 2. The average molecular weight is 114 g/mol. The standard InChI is InChI=1S/C5H6O3/c1-4(6)5-7-2-3-8-5/h2-3,5H,1H3. The fraction of sp³-hybridized carbons (Fsp3) is 0.400. The summed E-state index contributed by atoms with van der Waals surface area (Å²) in [5, 5.41) is 0. The zero-order valence-electron chi connectivity index (χ0n) is 4.46. The monoisotopic (exact) mass is 114 g/mol. The Bertz CT molecular complexity index is 120. The molecule has 0 bridgehead atoms. The number of hydrogen-bond donors (Lipinski definition) is 0. The maximum atomic E-state index is 10.4. The van der Waals surface area contributed by atoms with E-state index in [4.69, 9.17) is 0 Å². The largest absolute Gasteiger partial charge is 0.453 e. The molecule has 0 unspecified atom stereocenters. The predicted octanol–water partition coefficient (Wildman–Crippen LogP) is 0.419. The summed E-state index contributed by atoms with van der Waals surface area (Å²) in [6.07, 6.45) is 2.02. The molecule has 3 heteroatoms. The van der Waals surface area contributed by atoms with Crippen molar-refractivity contribution in [1.82, 2.24) is 0 Å². The van der Waals surface area contributed by atoms with Crippen molar-refractivity contribution in [2.75, 3.05) is 0 Å². The van der Waals surface area contributed by atoms with Crippen LogP contribution in [0.25, 0.3) is 0 Å². The molecular weight excluding hydrogens is 108 g/mol. The highest BCUT2D eigenvalue weighted by molar-refractivity contribution is 5.79. The molecule has 3 nitrogen and oxygen atoms in total. The Morgan fingerprint density at radius 3 is 2.25 bits per heavy atom. The molecule has 0 saturated carbocycles. The molecule has 0 spiro atoms. The van der Waals surface area contributed by atoms with Gasteiger partial charge in [0, 0.05) is 6.92 Å². The van der Waals surface area contributed by atoms with Gasteiger partial charge in [-0.2, -0.15) is 0 Å². The van der Waals surface area contributed by atoms with Gasteiger partial charge in [0.15, 0.2) is 0 Å². The van der Waals surface area contributed by atoms with Crippen molar-refractivity contribution in [3.05, 3.63) is 12.5 Å². The summed E-state index contributed by atoms with van der Waals surface area (Å²) in [5.41, 5.74) is 0. The summed E-state index contributed by atoms with van der Waals surface area (Å²) in [4.78, 5) is 10.4. The van der Waals surface area contributed by atoms with Crippen molar-refractivity contribution in [2.24, 2.45) is 0 Å². The molecule has 1 aliphatic heterocycles. The number of carbonyl (C=O) groups is 1. The van der Waals surface area contributed by atoms with Crippen LogP contribution in [0.1, 0.15) is 6.92 Å². The van der Waals surface area contributed by atoms with Crippen molar-refractivity contribution in [3.63, 3.8) is 0 Å². The van der Waals surface area contributed by atoms with Crippen LogP contribution in [-0.4, -0.2) is 12.1 Å². The summed E-state index contributed by atoms with van der Waals surface area (Å²) < 4.78 is 9.32. The number of ketones is 1. The zero-order valence-corrected chi connectivity index (χ0v) is 4.46. The molecule has 0 radical (unpaired) electrons. The lowest BCUT2D eigenvalue weighted by atomic mass is 10.4. The minimum Gasteiger partial charge on any atom is -0.453 e. The quantitative estimate of drug-likeness (QED) is 0.495. The van der Waals surface area contributed by atoms with Gasteiger partial charge in [0.05, 0.1) is 0 Å². The zero-order chi connectivity index (χ0) is 5.98. The summed E-state index contributed by atoms with van der Waals surface area (Å²) in [7, 11) is 0. The minimum absolute atomic E-state index is 0.116. The molecule has 0 N–H and O–H groups in total. The van der Waals surface area contributed by atoms with Gasteiger partial charge in [-0.1, -0.05) is 0 Å². The normalized spacial score (nSPS) is 17.6. The van der Waals surface area contributed by atoms with Crippen LogP contribution in [0.4, 0.5) is 0 Å². The molecule has 1 heterocycles. The second kappa shape index (κ2) is 1.86. The third kappa shape index (κ3) is 0.804. The van der Waals surface area contributed by atoms with Gasteiger partial charge in [0.2, 0.25) is 5.78 Å². The second-order valence-corrected chi connectivity index (χ2v) is 1.49. The highest BCUT2D eigenvalue weighted by atomic mass is 16.7. The lowest BCUT2D eigenvalue weighted by molar-refractivity contribution is -0.139. The lowest BCUT2D eigenvalue weighted by Crippen LogP contribution is -2.16. The Kier molecular flexibility index (Phi) is 1.20. The van der Waals surface area contributed by atoms with Gasteiger partial charge in [0.25, 0.3) is 6.29 Å². The summed E-state index contributed by atoms with van der Waals surface area (Å²) in [5.74, 6) is -0.116. The first-order valence-electron chi connectivity index (χ1n) is 2.27. The fourth-order valence-electron chi connectivity index (χ4n) is 0.431. The van der Waals surface area contributed by atoms with Crippen molar-refractivity contribution in [1.29, 1.82) is 0 Å².